The zero-order valence-electron chi connectivity index (χ0n) is 11.2. The quantitative estimate of drug-likeness (QED) is 0.813. The van der Waals surface area contributed by atoms with Crippen molar-refractivity contribution in [2.24, 2.45) is 0 Å². The summed E-state index contributed by atoms with van der Waals surface area (Å²) in [6.45, 7) is 1.00. The predicted octanol–water partition coefficient (Wildman–Crippen LogP) is 2.78. The molecule has 1 heterocycles. The summed E-state index contributed by atoms with van der Waals surface area (Å²) in [5.74, 6) is 0.246. The minimum atomic E-state index is 0. The van der Waals surface area contributed by atoms with Crippen molar-refractivity contribution in [1.29, 1.82) is 0 Å². The highest BCUT2D eigenvalue weighted by molar-refractivity contribution is 5.85. The van der Waals surface area contributed by atoms with Gasteiger partial charge in [-0.15, -0.1) is 12.4 Å². The maximum absolute atomic E-state index is 12.1. The van der Waals surface area contributed by atoms with E-state index in [1.165, 1.54) is 57.8 Å². The Bertz CT molecular complexity index is 234. The molecule has 2 aliphatic rings. The molecule has 0 radical (unpaired) electrons. The minimum Gasteiger partial charge on any atom is -0.352 e. The van der Waals surface area contributed by atoms with E-state index in [2.05, 4.69) is 10.6 Å². The van der Waals surface area contributed by atoms with Gasteiger partial charge in [0.2, 0.25) is 5.91 Å². The Balaban J connectivity index is 0.00000162. The van der Waals surface area contributed by atoms with Crippen LogP contribution in [0.1, 0.15) is 64.2 Å². The van der Waals surface area contributed by atoms with E-state index >= 15 is 0 Å². The highest BCUT2D eigenvalue weighted by Gasteiger charge is 2.22. The molecule has 0 aromatic carbocycles. The van der Waals surface area contributed by atoms with Gasteiger partial charge in [0.05, 0.1) is 6.04 Å². The molecule has 2 fully saturated rings. The number of amides is 1. The summed E-state index contributed by atoms with van der Waals surface area (Å²) >= 11 is 0. The van der Waals surface area contributed by atoms with E-state index in [0.29, 0.717) is 6.04 Å². The number of piperidine rings is 1. The Hall–Kier alpha value is -0.280. The van der Waals surface area contributed by atoms with Gasteiger partial charge in [-0.05, 0) is 32.2 Å². The van der Waals surface area contributed by atoms with E-state index in [-0.39, 0.29) is 24.4 Å². The molecule has 1 aliphatic heterocycles. The summed E-state index contributed by atoms with van der Waals surface area (Å²) in [4.78, 5) is 12.1. The lowest BCUT2D eigenvalue weighted by Gasteiger charge is -2.27. The van der Waals surface area contributed by atoms with E-state index in [4.69, 9.17) is 0 Å². The van der Waals surface area contributed by atoms with Crippen LogP contribution in [0, 0.1) is 0 Å². The molecule has 1 aliphatic carbocycles. The second-order valence-corrected chi connectivity index (χ2v) is 5.55. The van der Waals surface area contributed by atoms with E-state index in [0.717, 1.165) is 13.0 Å². The van der Waals surface area contributed by atoms with Crippen molar-refractivity contribution in [1.82, 2.24) is 10.6 Å². The predicted molar refractivity (Wildman–Crippen MR) is 77.1 cm³/mol. The van der Waals surface area contributed by atoms with Crippen molar-refractivity contribution in [3.63, 3.8) is 0 Å². The van der Waals surface area contributed by atoms with Crippen LogP contribution in [-0.2, 0) is 4.79 Å². The van der Waals surface area contributed by atoms with E-state index in [1.54, 1.807) is 0 Å². The third-order valence-electron chi connectivity index (χ3n) is 4.08. The van der Waals surface area contributed by atoms with Gasteiger partial charge >= 0.3 is 0 Å². The largest absolute Gasteiger partial charge is 0.352 e. The fraction of sp³-hybridized carbons (Fsp3) is 0.929. The van der Waals surface area contributed by atoms with Crippen LogP contribution in [-0.4, -0.2) is 24.5 Å². The Morgan fingerprint density at radius 2 is 1.50 bits per heavy atom. The van der Waals surface area contributed by atoms with Gasteiger partial charge in [-0.3, -0.25) is 4.79 Å². The summed E-state index contributed by atoms with van der Waals surface area (Å²) < 4.78 is 0. The van der Waals surface area contributed by atoms with Crippen molar-refractivity contribution >= 4 is 18.3 Å². The maximum Gasteiger partial charge on any atom is 0.237 e. The normalized spacial score (nSPS) is 26.6. The van der Waals surface area contributed by atoms with Crippen LogP contribution in [0.15, 0.2) is 0 Å². The number of carbonyl (C=O) groups is 1. The van der Waals surface area contributed by atoms with Gasteiger partial charge < -0.3 is 10.6 Å². The van der Waals surface area contributed by atoms with Gasteiger partial charge in [0.15, 0.2) is 0 Å². The Labute approximate surface area is 117 Å². The van der Waals surface area contributed by atoms with Crippen LogP contribution < -0.4 is 10.6 Å². The first kappa shape index (κ1) is 15.8. The molecule has 2 N–H and O–H groups in total. The fourth-order valence-corrected chi connectivity index (χ4v) is 2.98. The molecule has 1 atom stereocenters. The van der Waals surface area contributed by atoms with Gasteiger partial charge in [-0.25, -0.2) is 0 Å². The standard InChI is InChI=1S/C14H26N2O.ClH/c17-14(13-10-6-7-11-15-13)16-12-8-4-2-1-3-5-9-12;/h12-13,15H,1-11H2,(H,16,17);1H/t13-;/m0./s1. The summed E-state index contributed by atoms with van der Waals surface area (Å²) in [5, 5.41) is 6.58. The van der Waals surface area contributed by atoms with Gasteiger partial charge in [0.1, 0.15) is 0 Å². The van der Waals surface area contributed by atoms with Gasteiger partial charge in [0.25, 0.3) is 0 Å². The third-order valence-corrected chi connectivity index (χ3v) is 4.08. The zero-order chi connectivity index (χ0) is 11.9. The average Bonchev–Trinajstić information content (AvgIpc) is 2.33. The number of nitrogens with one attached hydrogen (secondary N) is 2. The average molecular weight is 275 g/mol. The van der Waals surface area contributed by atoms with Crippen LogP contribution in [0.3, 0.4) is 0 Å². The van der Waals surface area contributed by atoms with Crippen LogP contribution in [0.2, 0.25) is 0 Å². The highest BCUT2D eigenvalue weighted by Crippen LogP contribution is 2.17. The van der Waals surface area contributed by atoms with Crippen molar-refractivity contribution in [2.45, 2.75) is 76.3 Å². The first-order chi connectivity index (χ1) is 8.36. The number of hydrogen-bond donors (Lipinski definition) is 2. The summed E-state index contributed by atoms with van der Waals surface area (Å²) in [5.41, 5.74) is 0. The first-order valence-corrected chi connectivity index (χ1v) is 7.40. The monoisotopic (exact) mass is 274 g/mol. The lowest BCUT2D eigenvalue weighted by Crippen LogP contribution is -2.49. The number of halogens is 1. The molecule has 0 aromatic rings. The van der Waals surface area contributed by atoms with Gasteiger partial charge in [0, 0.05) is 6.04 Å². The van der Waals surface area contributed by atoms with Crippen molar-refractivity contribution in [3.8, 4) is 0 Å². The third kappa shape index (κ3) is 5.15. The SMILES string of the molecule is Cl.O=C(NC1CCCCCCC1)[C@@H]1CCCCN1. The number of rotatable bonds is 2. The maximum atomic E-state index is 12.1. The fourth-order valence-electron chi connectivity index (χ4n) is 2.98. The molecular formula is C14H27ClN2O. The summed E-state index contributed by atoms with van der Waals surface area (Å²) in [6, 6.07) is 0.515. The molecule has 106 valence electrons. The Kier molecular flexibility index (Phi) is 7.68. The van der Waals surface area contributed by atoms with E-state index < -0.39 is 0 Å². The summed E-state index contributed by atoms with van der Waals surface area (Å²) in [7, 11) is 0. The molecule has 18 heavy (non-hydrogen) atoms. The molecule has 1 amide bonds. The van der Waals surface area contributed by atoms with Crippen LogP contribution in [0.25, 0.3) is 0 Å². The molecule has 0 spiro atoms. The first-order valence-electron chi connectivity index (χ1n) is 7.40. The Morgan fingerprint density at radius 3 is 2.11 bits per heavy atom. The van der Waals surface area contributed by atoms with Gasteiger partial charge in [-0.2, -0.15) is 0 Å². The van der Waals surface area contributed by atoms with Crippen LogP contribution in [0.4, 0.5) is 0 Å². The molecule has 2 rings (SSSR count). The molecule has 0 aromatic heterocycles. The van der Waals surface area contributed by atoms with Crippen molar-refractivity contribution in [2.75, 3.05) is 6.54 Å². The molecule has 4 heteroatoms. The summed E-state index contributed by atoms with van der Waals surface area (Å²) in [6.07, 6.45) is 12.4. The highest BCUT2D eigenvalue weighted by atomic mass is 35.5. The minimum absolute atomic E-state index is 0. The smallest absolute Gasteiger partial charge is 0.237 e. The lowest BCUT2D eigenvalue weighted by atomic mass is 9.96. The topological polar surface area (TPSA) is 41.1 Å². The molecule has 1 saturated heterocycles. The number of carbonyl (C=O) groups excluding carboxylic acids is 1. The second-order valence-electron chi connectivity index (χ2n) is 5.55. The zero-order valence-corrected chi connectivity index (χ0v) is 12.1. The lowest BCUT2D eigenvalue weighted by molar-refractivity contribution is -0.124. The van der Waals surface area contributed by atoms with Crippen molar-refractivity contribution in [3.05, 3.63) is 0 Å². The van der Waals surface area contributed by atoms with E-state index in [9.17, 15) is 4.79 Å². The van der Waals surface area contributed by atoms with Crippen LogP contribution in [0.5, 0.6) is 0 Å². The molecule has 3 nitrogen and oxygen atoms in total. The van der Waals surface area contributed by atoms with E-state index in [1.807, 2.05) is 0 Å². The van der Waals surface area contributed by atoms with Crippen molar-refractivity contribution < 1.29 is 4.79 Å². The molecule has 1 saturated carbocycles. The Morgan fingerprint density at radius 1 is 0.889 bits per heavy atom. The number of hydrogen-bond acceptors (Lipinski definition) is 2. The molecule has 0 unspecified atom stereocenters. The molecular weight excluding hydrogens is 248 g/mol. The molecule has 0 bridgehead atoms. The second kappa shape index (κ2) is 8.76. The van der Waals surface area contributed by atoms with Crippen LogP contribution >= 0.6 is 12.4 Å². The van der Waals surface area contributed by atoms with Gasteiger partial charge in [-0.1, -0.05) is 38.5 Å².